The number of aryl methyl sites for hydroxylation is 3. The molecule has 7 heteroatoms. The van der Waals surface area contributed by atoms with Crippen molar-refractivity contribution in [3.05, 3.63) is 88.2 Å². The topological polar surface area (TPSA) is 65.4 Å². The van der Waals surface area contributed by atoms with Crippen molar-refractivity contribution in [3.63, 3.8) is 0 Å². The van der Waals surface area contributed by atoms with Gasteiger partial charge in [0.25, 0.3) is 5.91 Å². The summed E-state index contributed by atoms with van der Waals surface area (Å²) in [6.07, 6.45) is 1.50. The lowest BCUT2D eigenvalue weighted by Gasteiger charge is -2.13. The Bertz CT molecular complexity index is 1310. The van der Waals surface area contributed by atoms with E-state index >= 15 is 0 Å². The first-order valence-electron chi connectivity index (χ1n) is 11.7. The molecule has 4 rings (SSSR count). The fourth-order valence-corrected chi connectivity index (χ4v) is 4.30. The first-order chi connectivity index (χ1) is 17.0. The van der Waals surface area contributed by atoms with Gasteiger partial charge in [-0.05, 0) is 67.8 Å². The number of halogens is 1. The van der Waals surface area contributed by atoms with Crippen LogP contribution in [0.2, 0.25) is 5.02 Å². The second-order valence-electron chi connectivity index (χ2n) is 8.45. The molecule has 0 atom stereocenters. The lowest BCUT2D eigenvalue weighted by Crippen LogP contribution is -2.25. The van der Waals surface area contributed by atoms with E-state index < -0.39 is 0 Å². The second kappa shape index (κ2) is 11.3. The molecule has 1 heterocycles. The van der Waals surface area contributed by atoms with Crippen LogP contribution in [0.3, 0.4) is 0 Å². The molecular weight excluding hydrogens is 462 g/mol. The van der Waals surface area contributed by atoms with Gasteiger partial charge >= 0.3 is 0 Å². The predicted octanol–water partition coefficient (Wildman–Crippen LogP) is 5.76. The second-order valence-corrected chi connectivity index (χ2v) is 8.83. The molecule has 0 spiro atoms. The van der Waals surface area contributed by atoms with E-state index in [-0.39, 0.29) is 5.91 Å². The number of nitrogens with zero attached hydrogens (tertiary/aromatic N) is 2. The molecule has 4 aromatic rings. The molecule has 0 saturated carbocycles. The lowest BCUT2D eigenvalue weighted by atomic mass is 10.1. The molecule has 0 saturated heterocycles. The van der Waals surface area contributed by atoms with Gasteiger partial charge < -0.3 is 19.4 Å². The van der Waals surface area contributed by atoms with Gasteiger partial charge in [-0.3, -0.25) is 4.79 Å². The van der Waals surface area contributed by atoms with Gasteiger partial charge in [-0.2, -0.15) is 0 Å². The van der Waals surface area contributed by atoms with E-state index in [1.807, 2.05) is 56.3 Å². The quantitative estimate of drug-likeness (QED) is 0.286. The third-order valence-electron chi connectivity index (χ3n) is 5.94. The molecule has 0 aliphatic rings. The Hall–Kier alpha value is -3.51. The maximum absolute atomic E-state index is 12.6. The number of amides is 1. The van der Waals surface area contributed by atoms with E-state index in [0.717, 1.165) is 51.6 Å². The molecule has 0 aliphatic heterocycles. The summed E-state index contributed by atoms with van der Waals surface area (Å²) in [7, 11) is 1.57. The molecule has 0 fully saturated rings. The molecule has 182 valence electrons. The molecule has 0 bridgehead atoms. The molecule has 3 aromatic carbocycles. The van der Waals surface area contributed by atoms with Crippen LogP contribution in [0.4, 0.5) is 0 Å². The number of imidazole rings is 1. The van der Waals surface area contributed by atoms with Crippen molar-refractivity contribution in [3.8, 4) is 11.5 Å². The zero-order valence-electron chi connectivity index (χ0n) is 20.3. The molecule has 35 heavy (non-hydrogen) atoms. The largest absolute Gasteiger partial charge is 0.496 e. The Labute approximate surface area is 210 Å². The summed E-state index contributed by atoms with van der Waals surface area (Å²) >= 11 is 6.28. The maximum Gasteiger partial charge on any atom is 0.255 e. The summed E-state index contributed by atoms with van der Waals surface area (Å²) in [5.74, 6) is 2.22. The van der Waals surface area contributed by atoms with Gasteiger partial charge in [-0.25, -0.2) is 4.98 Å². The maximum atomic E-state index is 12.6. The predicted molar refractivity (Wildman–Crippen MR) is 140 cm³/mol. The van der Waals surface area contributed by atoms with Crippen LogP contribution in [0.5, 0.6) is 11.5 Å². The van der Waals surface area contributed by atoms with Gasteiger partial charge in [0.2, 0.25) is 0 Å². The molecule has 1 amide bonds. The van der Waals surface area contributed by atoms with Gasteiger partial charge in [-0.1, -0.05) is 35.9 Å². The van der Waals surface area contributed by atoms with Crippen LogP contribution in [-0.4, -0.2) is 35.7 Å². The van der Waals surface area contributed by atoms with Gasteiger partial charge in [0.1, 0.15) is 23.9 Å². The van der Waals surface area contributed by atoms with Crippen LogP contribution in [0, 0.1) is 13.8 Å². The lowest BCUT2D eigenvalue weighted by molar-refractivity contribution is 0.0950. The fourth-order valence-electron chi connectivity index (χ4n) is 4.19. The van der Waals surface area contributed by atoms with E-state index in [1.165, 1.54) is 0 Å². The molecule has 0 aliphatic carbocycles. The molecule has 0 radical (unpaired) electrons. The summed E-state index contributed by atoms with van der Waals surface area (Å²) in [6, 6.07) is 19.3. The summed E-state index contributed by atoms with van der Waals surface area (Å²) in [6.45, 7) is 5.69. The molecule has 1 aromatic heterocycles. The minimum atomic E-state index is -0.141. The van der Waals surface area contributed by atoms with E-state index in [0.29, 0.717) is 31.0 Å². The van der Waals surface area contributed by atoms with Crippen molar-refractivity contribution in [2.45, 2.75) is 33.2 Å². The van der Waals surface area contributed by atoms with Crippen molar-refractivity contribution in [1.82, 2.24) is 14.9 Å². The zero-order chi connectivity index (χ0) is 24.8. The molecule has 1 N–H and O–H groups in total. The van der Waals surface area contributed by atoms with Crippen molar-refractivity contribution in [2.75, 3.05) is 20.3 Å². The van der Waals surface area contributed by atoms with Gasteiger partial charge in [0.15, 0.2) is 0 Å². The summed E-state index contributed by atoms with van der Waals surface area (Å²) in [5.41, 5.74) is 4.58. The average Bonchev–Trinajstić information content (AvgIpc) is 3.22. The number of hydrogen-bond donors (Lipinski definition) is 1. The minimum absolute atomic E-state index is 0.141. The minimum Gasteiger partial charge on any atom is -0.496 e. The Kier molecular flexibility index (Phi) is 7.93. The Morgan fingerprint density at radius 1 is 1.06 bits per heavy atom. The van der Waals surface area contributed by atoms with Crippen molar-refractivity contribution < 1.29 is 14.3 Å². The SMILES string of the molecule is COc1ccccc1C(=O)NCCCc1nc2ccccc2n1CCOc1cc(C)c(Cl)c(C)c1. The van der Waals surface area contributed by atoms with Gasteiger partial charge in [-0.15, -0.1) is 0 Å². The highest BCUT2D eigenvalue weighted by Gasteiger charge is 2.13. The number of carbonyl (C=O) groups is 1. The highest BCUT2D eigenvalue weighted by atomic mass is 35.5. The van der Waals surface area contributed by atoms with Crippen LogP contribution in [0.25, 0.3) is 11.0 Å². The standard InChI is InChI=1S/C28H30ClN3O3/c1-19-17-21(18-20(2)27(19)29)35-16-15-32-24-11-6-5-10-23(24)31-26(32)13-8-14-30-28(33)22-9-4-7-12-25(22)34-3/h4-7,9-12,17-18H,8,13-16H2,1-3H3,(H,30,33). The third-order valence-corrected chi connectivity index (χ3v) is 6.54. The number of benzene rings is 3. The fraction of sp³-hybridized carbons (Fsp3) is 0.286. The van der Waals surface area contributed by atoms with Crippen molar-refractivity contribution >= 4 is 28.5 Å². The third kappa shape index (κ3) is 5.77. The number of ether oxygens (including phenoxy) is 2. The summed E-state index contributed by atoms with van der Waals surface area (Å²) in [5, 5.41) is 3.76. The molecule has 0 unspecified atom stereocenters. The van der Waals surface area contributed by atoms with Crippen LogP contribution >= 0.6 is 11.6 Å². The molecule has 6 nitrogen and oxygen atoms in total. The Balaban J connectivity index is 1.39. The van der Waals surface area contributed by atoms with Crippen LogP contribution in [-0.2, 0) is 13.0 Å². The number of hydrogen-bond acceptors (Lipinski definition) is 4. The van der Waals surface area contributed by atoms with E-state index in [4.69, 9.17) is 26.1 Å². The van der Waals surface area contributed by atoms with Crippen LogP contribution in [0.1, 0.15) is 33.7 Å². The smallest absolute Gasteiger partial charge is 0.255 e. The summed E-state index contributed by atoms with van der Waals surface area (Å²) < 4.78 is 13.5. The number of rotatable bonds is 10. The monoisotopic (exact) mass is 491 g/mol. The first-order valence-corrected chi connectivity index (χ1v) is 12.1. The van der Waals surface area contributed by atoms with Crippen LogP contribution in [0.15, 0.2) is 60.7 Å². The Morgan fingerprint density at radius 3 is 2.54 bits per heavy atom. The molecular formula is C28H30ClN3O3. The van der Waals surface area contributed by atoms with Gasteiger partial charge in [0.05, 0.1) is 30.3 Å². The highest BCUT2D eigenvalue weighted by Crippen LogP contribution is 2.26. The van der Waals surface area contributed by atoms with Gasteiger partial charge in [0, 0.05) is 18.0 Å². The number of aromatic nitrogens is 2. The Morgan fingerprint density at radius 2 is 1.77 bits per heavy atom. The van der Waals surface area contributed by atoms with E-state index in [1.54, 1.807) is 19.2 Å². The number of carbonyl (C=O) groups excluding carboxylic acids is 1. The van der Waals surface area contributed by atoms with Crippen LogP contribution < -0.4 is 14.8 Å². The van der Waals surface area contributed by atoms with Crippen molar-refractivity contribution in [1.29, 1.82) is 0 Å². The van der Waals surface area contributed by atoms with E-state index in [2.05, 4.69) is 16.0 Å². The number of methoxy groups -OCH3 is 1. The van der Waals surface area contributed by atoms with Crippen molar-refractivity contribution in [2.24, 2.45) is 0 Å². The summed E-state index contributed by atoms with van der Waals surface area (Å²) in [4.78, 5) is 17.4. The normalized spacial score (nSPS) is 11.0. The number of para-hydroxylation sites is 3. The zero-order valence-corrected chi connectivity index (χ0v) is 21.1. The first kappa shape index (κ1) is 24.6. The highest BCUT2D eigenvalue weighted by molar-refractivity contribution is 6.32. The number of nitrogens with one attached hydrogen (secondary N) is 1. The average molecular weight is 492 g/mol. The number of fused-ring (bicyclic) bond motifs is 1. The van der Waals surface area contributed by atoms with E-state index in [9.17, 15) is 4.79 Å².